The molecule has 90 valence electrons. The molecule has 0 unspecified atom stereocenters. The number of benzene rings is 1. The molecule has 0 saturated heterocycles. The second kappa shape index (κ2) is 4.81. The molecule has 6 nitrogen and oxygen atoms in total. The Bertz CT molecular complexity index is 550. The third-order valence-electron chi connectivity index (χ3n) is 2.67. The van der Waals surface area contributed by atoms with Gasteiger partial charge in [-0.2, -0.15) is 0 Å². The van der Waals surface area contributed by atoms with E-state index in [1.807, 2.05) is 0 Å². The summed E-state index contributed by atoms with van der Waals surface area (Å²) in [7, 11) is 0. The number of rotatable bonds is 4. The molecule has 1 aromatic heterocycles. The zero-order valence-electron chi connectivity index (χ0n) is 9.58. The van der Waals surface area contributed by atoms with Crippen molar-refractivity contribution in [1.29, 1.82) is 0 Å². The number of aromatic nitrogens is 2. The standard InChI is InChI=1S/C10H12N4O2Se/c1-3-13(4-2)7-5-6-8(14(15)16)10-9(7)11-17-12-10/h5-6H,3-4H2,1-2H3. The van der Waals surface area contributed by atoms with Crippen molar-refractivity contribution in [2.24, 2.45) is 0 Å². The van der Waals surface area contributed by atoms with Crippen LogP contribution in [0, 0.1) is 10.1 Å². The van der Waals surface area contributed by atoms with Crippen molar-refractivity contribution in [3.8, 4) is 0 Å². The molecular weight excluding hydrogens is 287 g/mol. The Morgan fingerprint density at radius 2 is 1.94 bits per heavy atom. The van der Waals surface area contributed by atoms with E-state index in [0.717, 1.165) is 18.8 Å². The van der Waals surface area contributed by atoms with E-state index in [-0.39, 0.29) is 20.6 Å². The first-order chi connectivity index (χ1) is 8.19. The molecule has 0 spiro atoms. The molecule has 1 heterocycles. The Morgan fingerprint density at radius 3 is 2.53 bits per heavy atom. The summed E-state index contributed by atoms with van der Waals surface area (Å²) in [5.41, 5.74) is 2.13. The summed E-state index contributed by atoms with van der Waals surface area (Å²) in [5.74, 6) is 0. The Kier molecular flexibility index (Phi) is 3.40. The Balaban J connectivity index is 2.64. The van der Waals surface area contributed by atoms with E-state index in [9.17, 15) is 10.1 Å². The fourth-order valence-electron chi connectivity index (χ4n) is 1.81. The van der Waals surface area contributed by atoms with Gasteiger partial charge in [0.1, 0.15) is 0 Å². The van der Waals surface area contributed by atoms with Gasteiger partial charge in [0.05, 0.1) is 0 Å². The monoisotopic (exact) mass is 300 g/mol. The predicted molar refractivity (Wildman–Crippen MR) is 66.7 cm³/mol. The van der Waals surface area contributed by atoms with Crippen LogP contribution in [0.25, 0.3) is 11.0 Å². The Morgan fingerprint density at radius 1 is 1.29 bits per heavy atom. The molecule has 0 bridgehead atoms. The van der Waals surface area contributed by atoms with Crippen molar-refractivity contribution in [2.75, 3.05) is 18.0 Å². The first-order valence-corrected chi connectivity index (χ1v) is 6.86. The quantitative estimate of drug-likeness (QED) is 0.485. The first-order valence-electron chi connectivity index (χ1n) is 5.33. The minimum atomic E-state index is -0.398. The van der Waals surface area contributed by atoms with E-state index in [2.05, 4.69) is 26.7 Å². The molecule has 0 fully saturated rings. The van der Waals surface area contributed by atoms with Crippen LogP contribution in [0.15, 0.2) is 12.1 Å². The number of nitrogens with zero attached hydrogens (tertiary/aromatic N) is 4. The van der Waals surface area contributed by atoms with Crippen LogP contribution in [-0.2, 0) is 0 Å². The van der Waals surface area contributed by atoms with Crippen LogP contribution in [0.3, 0.4) is 0 Å². The van der Waals surface area contributed by atoms with Gasteiger partial charge in [-0.15, -0.1) is 0 Å². The molecule has 0 saturated carbocycles. The number of anilines is 1. The van der Waals surface area contributed by atoms with Gasteiger partial charge in [0.2, 0.25) is 0 Å². The van der Waals surface area contributed by atoms with E-state index in [1.165, 1.54) is 6.07 Å². The minimum absolute atomic E-state index is 0.0547. The number of hydrogen-bond donors (Lipinski definition) is 0. The molecule has 0 aliphatic carbocycles. The SMILES string of the molecule is CCN(CC)c1ccc([N+](=O)[O-])c2n[se]nc12. The summed E-state index contributed by atoms with van der Waals surface area (Å²) in [4.78, 5) is 12.6. The zero-order valence-corrected chi connectivity index (χ0v) is 11.3. The molecule has 2 aromatic rings. The molecule has 0 aliphatic rings. The van der Waals surface area contributed by atoms with Crippen LogP contribution in [0.4, 0.5) is 11.4 Å². The van der Waals surface area contributed by atoms with Gasteiger partial charge in [0.15, 0.2) is 0 Å². The summed E-state index contributed by atoms with van der Waals surface area (Å²) in [6.45, 7) is 5.80. The van der Waals surface area contributed by atoms with E-state index in [4.69, 9.17) is 0 Å². The van der Waals surface area contributed by atoms with E-state index in [1.54, 1.807) is 6.07 Å². The average Bonchev–Trinajstić information content (AvgIpc) is 2.79. The molecule has 0 atom stereocenters. The van der Waals surface area contributed by atoms with Gasteiger partial charge in [-0.25, -0.2) is 0 Å². The number of hydrogen-bond acceptors (Lipinski definition) is 5. The number of nitro benzene ring substituents is 1. The van der Waals surface area contributed by atoms with Crippen molar-refractivity contribution in [3.05, 3.63) is 22.2 Å². The van der Waals surface area contributed by atoms with Crippen LogP contribution in [-0.4, -0.2) is 40.9 Å². The summed E-state index contributed by atoms with van der Waals surface area (Å²) in [5, 5.41) is 10.9. The maximum absolute atomic E-state index is 10.9. The molecular formula is C10H12N4O2Se. The molecule has 0 amide bonds. The molecule has 1 aromatic carbocycles. The van der Waals surface area contributed by atoms with E-state index < -0.39 is 4.92 Å². The van der Waals surface area contributed by atoms with Crippen LogP contribution in [0.5, 0.6) is 0 Å². The van der Waals surface area contributed by atoms with Gasteiger partial charge in [-0.1, -0.05) is 0 Å². The summed E-state index contributed by atoms with van der Waals surface area (Å²) >= 11 is -0.254. The zero-order chi connectivity index (χ0) is 12.4. The number of fused-ring (bicyclic) bond motifs is 1. The molecule has 0 aliphatic heterocycles. The normalized spacial score (nSPS) is 10.7. The first kappa shape index (κ1) is 12.0. The van der Waals surface area contributed by atoms with Gasteiger partial charge in [-0.3, -0.25) is 0 Å². The Hall–Kier alpha value is -1.46. The molecule has 7 heteroatoms. The van der Waals surface area contributed by atoms with Gasteiger partial charge in [-0.05, 0) is 0 Å². The topological polar surface area (TPSA) is 72.2 Å². The predicted octanol–water partition coefficient (Wildman–Crippen LogP) is 1.44. The third kappa shape index (κ3) is 2.03. The second-order valence-corrected chi connectivity index (χ2v) is 4.60. The Labute approximate surface area is 105 Å². The fraction of sp³-hybridized carbons (Fsp3) is 0.400. The number of non-ortho nitro benzene ring substituents is 1. The summed E-state index contributed by atoms with van der Waals surface area (Å²) in [6, 6.07) is 3.29. The van der Waals surface area contributed by atoms with Crippen molar-refractivity contribution in [2.45, 2.75) is 13.8 Å². The summed E-state index contributed by atoms with van der Waals surface area (Å²) in [6.07, 6.45) is 0. The van der Waals surface area contributed by atoms with Gasteiger partial charge in [0, 0.05) is 0 Å². The molecule has 0 N–H and O–H groups in total. The third-order valence-corrected chi connectivity index (χ3v) is 3.78. The maximum atomic E-state index is 10.9. The van der Waals surface area contributed by atoms with Crippen LogP contribution >= 0.6 is 0 Å². The van der Waals surface area contributed by atoms with Crippen molar-refractivity contribution >= 4 is 37.4 Å². The van der Waals surface area contributed by atoms with E-state index >= 15 is 0 Å². The van der Waals surface area contributed by atoms with Crippen LogP contribution in [0.2, 0.25) is 0 Å². The fourth-order valence-corrected chi connectivity index (χ4v) is 2.99. The van der Waals surface area contributed by atoms with Gasteiger partial charge < -0.3 is 0 Å². The van der Waals surface area contributed by atoms with Crippen LogP contribution < -0.4 is 4.90 Å². The van der Waals surface area contributed by atoms with Crippen LogP contribution in [0.1, 0.15) is 13.8 Å². The van der Waals surface area contributed by atoms with Crippen molar-refractivity contribution in [3.63, 3.8) is 0 Å². The summed E-state index contributed by atoms with van der Waals surface area (Å²) < 4.78 is 8.47. The number of nitro groups is 1. The van der Waals surface area contributed by atoms with Crippen molar-refractivity contribution in [1.82, 2.24) is 7.96 Å². The molecule has 2 rings (SSSR count). The molecule has 17 heavy (non-hydrogen) atoms. The van der Waals surface area contributed by atoms with Gasteiger partial charge >= 0.3 is 104 Å². The van der Waals surface area contributed by atoms with Gasteiger partial charge in [0.25, 0.3) is 0 Å². The second-order valence-electron chi connectivity index (χ2n) is 3.49. The average molecular weight is 299 g/mol. The van der Waals surface area contributed by atoms with E-state index in [0.29, 0.717) is 11.0 Å². The van der Waals surface area contributed by atoms with Crippen molar-refractivity contribution < 1.29 is 4.92 Å². The molecule has 0 radical (unpaired) electrons.